The summed E-state index contributed by atoms with van der Waals surface area (Å²) < 4.78 is 7.17. The van der Waals surface area contributed by atoms with Gasteiger partial charge in [-0.25, -0.2) is 4.98 Å². The first-order chi connectivity index (χ1) is 17.5. The van der Waals surface area contributed by atoms with Gasteiger partial charge in [-0.05, 0) is 61.2 Å². The van der Waals surface area contributed by atoms with Gasteiger partial charge in [0, 0.05) is 12.6 Å². The van der Waals surface area contributed by atoms with Crippen LogP contribution in [0, 0.1) is 0 Å². The van der Waals surface area contributed by atoms with Crippen LogP contribution in [0.3, 0.4) is 0 Å². The summed E-state index contributed by atoms with van der Waals surface area (Å²) in [6.45, 7) is 4.17. The third-order valence-corrected chi connectivity index (χ3v) is 6.62. The van der Waals surface area contributed by atoms with E-state index in [-0.39, 0.29) is 11.5 Å². The fourth-order valence-corrected chi connectivity index (χ4v) is 4.59. The van der Waals surface area contributed by atoms with Crippen molar-refractivity contribution in [3.63, 3.8) is 0 Å². The number of aromatic nitrogens is 2. The summed E-state index contributed by atoms with van der Waals surface area (Å²) in [7, 11) is 3.35. The summed E-state index contributed by atoms with van der Waals surface area (Å²) in [6, 6.07) is 22.1. The average molecular weight is 484 g/mol. The summed E-state index contributed by atoms with van der Waals surface area (Å²) in [4.78, 5) is 33.9. The molecule has 0 aliphatic heterocycles. The van der Waals surface area contributed by atoms with Crippen LogP contribution in [-0.4, -0.2) is 34.5 Å². The molecule has 4 rings (SSSR count). The van der Waals surface area contributed by atoms with Crippen LogP contribution in [0.25, 0.3) is 16.6 Å². The van der Waals surface area contributed by atoms with Crippen molar-refractivity contribution in [3.8, 4) is 11.4 Å². The van der Waals surface area contributed by atoms with E-state index in [4.69, 9.17) is 9.72 Å². The van der Waals surface area contributed by atoms with Crippen molar-refractivity contribution < 1.29 is 9.53 Å². The number of methoxy groups -OCH3 is 1. The Morgan fingerprint density at radius 1 is 1.00 bits per heavy atom. The second kappa shape index (κ2) is 11.2. The smallest absolute Gasteiger partial charge is 0.266 e. The molecule has 6 nitrogen and oxygen atoms in total. The maximum Gasteiger partial charge on any atom is 0.266 e. The number of nitrogens with zero attached hydrogens (tertiary/aromatic N) is 3. The Kier molecular flexibility index (Phi) is 7.84. The quantitative estimate of drug-likeness (QED) is 0.295. The highest BCUT2D eigenvalue weighted by molar-refractivity contribution is 5.94. The molecule has 1 heterocycles. The standard InChI is InChI=1S/C30H33N3O3/c1-5-7-12-21-17-19-22(20-18-21)29(34)32(3)25(6-2)28-31-24-14-9-8-13-23(24)30(35)33(28)26-15-10-11-16-27(26)36-4/h8-11,13-20,25H,5-7,12H2,1-4H3. The predicted molar refractivity (Wildman–Crippen MR) is 144 cm³/mol. The summed E-state index contributed by atoms with van der Waals surface area (Å²) in [6.07, 6.45) is 3.84. The van der Waals surface area contributed by atoms with Crippen LogP contribution < -0.4 is 10.3 Å². The molecule has 186 valence electrons. The number of unbranched alkanes of at least 4 members (excludes halogenated alkanes) is 1. The highest BCUT2D eigenvalue weighted by Crippen LogP contribution is 2.29. The summed E-state index contributed by atoms with van der Waals surface area (Å²) in [5.41, 5.74) is 2.84. The molecule has 0 N–H and O–H groups in total. The Balaban J connectivity index is 1.82. The molecule has 0 aliphatic carbocycles. The van der Waals surface area contributed by atoms with Crippen molar-refractivity contribution >= 4 is 16.8 Å². The van der Waals surface area contributed by atoms with E-state index in [1.54, 1.807) is 29.7 Å². The van der Waals surface area contributed by atoms with Crippen LogP contribution in [-0.2, 0) is 6.42 Å². The van der Waals surface area contributed by atoms with Crippen LogP contribution in [0.4, 0.5) is 0 Å². The highest BCUT2D eigenvalue weighted by atomic mass is 16.5. The lowest BCUT2D eigenvalue weighted by Crippen LogP contribution is -2.36. The van der Waals surface area contributed by atoms with Crippen LogP contribution in [0.2, 0.25) is 0 Å². The first-order valence-corrected chi connectivity index (χ1v) is 12.5. The lowest BCUT2D eigenvalue weighted by Gasteiger charge is -2.29. The van der Waals surface area contributed by atoms with E-state index >= 15 is 0 Å². The van der Waals surface area contributed by atoms with Crippen LogP contribution in [0.15, 0.2) is 77.6 Å². The molecule has 0 aliphatic rings. The third kappa shape index (κ3) is 4.89. The monoisotopic (exact) mass is 483 g/mol. The maximum atomic E-state index is 13.8. The average Bonchev–Trinajstić information content (AvgIpc) is 2.92. The van der Waals surface area contributed by atoms with Gasteiger partial charge in [0.15, 0.2) is 0 Å². The minimum absolute atomic E-state index is 0.113. The van der Waals surface area contributed by atoms with Crippen LogP contribution in [0.1, 0.15) is 60.9 Å². The molecule has 36 heavy (non-hydrogen) atoms. The van der Waals surface area contributed by atoms with Crippen molar-refractivity contribution in [2.45, 2.75) is 45.6 Å². The van der Waals surface area contributed by atoms with E-state index in [0.717, 1.165) is 19.3 Å². The molecule has 0 saturated heterocycles. The normalized spacial score (nSPS) is 11.9. The Labute approximate surface area is 212 Å². The van der Waals surface area contributed by atoms with Gasteiger partial charge < -0.3 is 9.64 Å². The van der Waals surface area contributed by atoms with Crippen LogP contribution >= 0.6 is 0 Å². The molecule has 0 bridgehead atoms. The molecule has 0 radical (unpaired) electrons. The first-order valence-electron chi connectivity index (χ1n) is 12.5. The molecular weight excluding hydrogens is 450 g/mol. The Morgan fingerprint density at radius 3 is 2.39 bits per heavy atom. The highest BCUT2D eigenvalue weighted by Gasteiger charge is 2.28. The van der Waals surface area contributed by atoms with Gasteiger partial charge in [0.05, 0.1) is 29.7 Å². The van der Waals surface area contributed by atoms with Crippen molar-refractivity contribution in [1.29, 1.82) is 0 Å². The van der Waals surface area contributed by atoms with E-state index in [1.807, 2.05) is 73.7 Å². The van der Waals surface area contributed by atoms with Crippen LogP contribution in [0.5, 0.6) is 5.75 Å². The molecule has 4 aromatic rings. The molecule has 0 spiro atoms. The van der Waals surface area contributed by atoms with Gasteiger partial charge in [-0.2, -0.15) is 0 Å². The van der Waals surface area contributed by atoms with Gasteiger partial charge in [0.25, 0.3) is 11.5 Å². The fourth-order valence-electron chi connectivity index (χ4n) is 4.59. The van der Waals surface area contributed by atoms with Gasteiger partial charge in [-0.15, -0.1) is 0 Å². The predicted octanol–water partition coefficient (Wildman–Crippen LogP) is 5.96. The zero-order chi connectivity index (χ0) is 25.7. The Bertz CT molecular complexity index is 1410. The molecule has 1 amide bonds. The summed E-state index contributed by atoms with van der Waals surface area (Å²) in [5, 5.41) is 0.513. The molecule has 1 unspecified atom stereocenters. The zero-order valence-electron chi connectivity index (χ0n) is 21.4. The number of ether oxygens (including phenoxy) is 1. The van der Waals surface area contributed by atoms with E-state index in [9.17, 15) is 9.59 Å². The van der Waals surface area contributed by atoms with Gasteiger partial charge in [-0.3, -0.25) is 14.2 Å². The third-order valence-electron chi connectivity index (χ3n) is 6.62. The number of para-hydroxylation sites is 3. The van der Waals surface area contributed by atoms with Gasteiger partial charge in [-0.1, -0.05) is 56.7 Å². The lowest BCUT2D eigenvalue weighted by atomic mass is 10.0. The summed E-state index contributed by atoms with van der Waals surface area (Å²) >= 11 is 0. The minimum Gasteiger partial charge on any atom is -0.495 e. The maximum absolute atomic E-state index is 13.8. The van der Waals surface area contributed by atoms with Crippen molar-refractivity contribution in [1.82, 2.24) is 14.5 Å². The Morgan fingerprint density at radius 2 is 1.69 bits per heavy atom. The van der Waals surface area contributed by atoms with Crippen molar-refractivity contribution in [2.24, 2.45) is 0 Å². The van der Waals surface area contributed by atoms with Gasteiger partial charge >= 0.3 is 0 Å². The molecule has 0 fully saturated rings. The molecule has 6 heteroatoms. The molecule has 1 atom stereocenters. The lowest BCUT2D eigenvalue weighted by molar-refractivity contribution is 0.0717. The fraction of sp³-hybridized carbons (Fsp3) is 0.300. The van der Waals surface area contributed by atoms with E-state index < -0.39 is 6.04 Å². The van der Waals surface area contributed by atoms with Gasteiger partial charge in [0.2, 0.25) is 0 Å². The molecule has 1 aromatic heterocycles. The number of amides is 1. The molecule has 0 saturated carbocycles. The number of aryl methyl sites for hydroxylation is 1. The molecular formula is C30H33N3O3. The van der Waals surface area contributed by atoms with Gasteiger partial charge in [0.1, 0.15) is 11.6 Å². The first kappa shape index (κ1) is 25.2. The van der Waals surface area contributed by atoms with E-state index in [2.05, 4.69) is 6.92 Å². The molecule has 3 aromatic carbocycles. The second-order valence-electron chi connectivity index (χ2n) is 8.94. The number of hydrogen-bond donors (Lipinski definition) is 0. The minimum atomic E-state index is -0.431. The van der Waals surface area contributed by atoms with E-state index in [1.165, 1.54) is 5.56 Å². The number of benzene rings is 3. The largest absolute Gasteiger partial charge is 0.495 e. The Hall–Kier alpha value is -3.93. The second-order valence-corrected chi connectivity index (χ2v) is 8.94. The number of fused-ring (bicyclic) bond motifs is 1. The van der Waals surface area contributed by atoms with E-state index in [0.29, 0.717) is 40.1 Å². The van der Waals surface area contributed by atoms with Crippen molar-refractivity contribution in [3.05, 3.63) is 100 Å². The number of hydrogen-bond acceptors (Lipinski definition) is 4. The van der Waals surface area contributed by atoms with Crippen molar-refractivity contribution in [2.75, 3.05) is 14.2 Å². The SMILES string of the molecule is CCCCc1ccc(C(=O)N(C)C(CC)c2nc3ccccc3c(=O)n2-c2ccccc2OC)cc1. The summed E-state index contributed by atoms with van der Waals surface area (Å²) in [5.74, 6) is 0.948. The number of rotatable bonds is 9. The zero-order valence-corrected chi connectivity index (χ0v) is 21.4. The number of carbonyl (C=O) groups excluding carboxylic acids is 1. The number of carbonyl (C=O) groups is 1. The topological polar surface area (TPSA) is 64.4 Å².